The van der Waals surface area contributed by atoms with Crippen molar-refractivity contribution in [3.8, 4) is 0 Å². The van der Waals surface area contributed by atoms with Gasteiger partial charge in [-0.1, -0.05) is 37.6 Å². The van der Waals surface area contributed by atoms with Crippen molar-refractivity contribution in [1.82, 2.24) is 5.32 Å². The lowest BCUT2D eigenvalue weighted by Crippen LogP contribution is -2.35. The molecule has 2 rings (SSSR count). The topological polar surface area (TPSA) is 21.3 Å². The maximum Gasteiger partial charge on any atom is 0.0867 e. The van der Waals surface area contributed by atoms with E-state index in [1.807, 2.05) is 0 Å². The van der Waals surface area contributed by atoms with E-state index < -0.39 is 0 Å². The highest BCUT2D eigenvalue weighted by Gasteiger charge is 2.28. The second kappa shape index (κ2) is 6.53. The first-order valence-electron chi connectivity index (χ1n) is 7.50. The first-order chi connectivity index (χ1) is 9.08. The molecule has 0 saturated carbocycles. The molecule has 1 saturated heterocycles. The van der Waals surface area contributed by atoms with Gasteiger partial charge in [-0.2, -0.15) is 0 Å². The monoisotopic (exact) mass is 261 g/mol. The lowest BCUT2D eigenvalue weighted by atomic mass is 9.86. The lowest BCUT2D eigenvalue weighted by molar-refractivity contribution is -0.0286. The first-order valence-corrected chi connectivity index (χ1v) is 7.50. The smallest absolute Gasteiger partial charge is 0.0867 e. The van der Waals surface area contributed by atoms with Crippen molar-refractivity contribution in [2.45, 2.75) is 52.7 Å². The van der Waals surface area contributed by atoms with Crippen molar-refractivity contribution in [2.24, 2.45) is 5.92 Å². The minimum absolute atomic E-state index is 0.264. The Morgan fingerprint density at radius 2 is 2.11 bits per heavy atom. The van der Waals surface area contributed by atoms with Crippen LogP contribution < -0.4 is 5.32 Å². The Labute approximate surface area is 117 Å². The van der Waals surface area contributed by atoms with Gasteiger partial charge in [0.05, 0.1) is 6.10 Å². The van der Waals surface area contributed by atoms with Gasteiger partial charge in [-0.05, 0) is 37.8 Å². The van der Waals surface area contributed by atoms with E-state index in [1.54, 1.807) is 0 Å². The van der Waals surface area contributed by atoms with Crippen LogP contribution in [0.3, 0.4) is 0 Å². The molecule has 1 aromatic rings. The number of ether oxygens (including phenoxy) is 1. The molecule has 0 bridgehead atoms. The van der Waals surface area contributed by atoms with E-state index in [9.17, 15) is 0 Å². The van der Waals surface area contributed by atoms with E-state index in [4.69, 9.17) is 4.74 Å². The Morgan fingerprint density at radius 1 is 1.32 bits per heavy atom. The molecule has 106 valence electrons. The fourth-order valence-corrected chi connectivity index (χ4v) is 2.85. The number of benzene rings is 1. The van der Waals surface area contributed by atoms with Gasteiger partial charge in [0.2, 0.25) is 0 Å². The van der Waals surface area contributed by atoms with Crippen LogP contribution in [-0.4, -0.2) is 19.2 Å². The van der Waals surface area contributed by atoms with Gasteiger partial charge in [0.25, 0.3) is 0 Å². The molecule has 0 amide bonds. The van der Waals surface area contributed by atoms with E-state index in [1.165, 1.54) is 29.5 Å². The quantitative estimate of drug-likeness (QED) is 0.891. The Kier molecular flexibility index (Phi) is 5.00. The third kappa shape index (κ3) is 3.80. The van der Waals surface area contributed by atoms with Gasteiger partial charge in [0, 0.05) is 25.1 Å². The van der Waals surface area contributed by atoms with E-state index in [2.05, 4.69) is 51.2 Å². The average Bonchev–Trinajstić information content (AvgIpc) is 2.39. The minimum atomic E-state index is 0.264. The van der Waals surface area contributed by atoms with Crippen molar-refractivity contribution in [2.75, 3.05) is 13.2 Å². The minimum Gasteiger partial charge on any atom is -0.373 e. The highest BCUT2D eigenvalue weighted by atomic mass is 16.5. The maximum atomic E-state index is 6.10. The standard InChI is InChI=1S/C17H27NO/c1-12(2)18-11-15-6-5-9-19-17(15)16-10-13(3)7-8-14(16)4/h7-8,10,12,15,17-18H,5-6,9,11H2,1-4H3. The third-order valence-electron chi connectivity index (χ3n) is 3.97. The molecule has 1 aliphatic rings. The predicted molar refractivity (Wildman–Crippen MR) is 80.5 cm³/mol. The molecule has 2 unspecified atom stereocenters. The molecule has 19 heavy (non-hydrogen) atoms. The van der Waals surface area contributed by atoms with E-state index in [0.29, 0.717) is 12.0 Å². The van der Waals surface area contributed by atoms with Gasteiger partial charge in [-0.15, -0.1) is 0 Å². The fraction of sp³-hybridized carbons (Fsp3) is 0.647. The second-order valence-corrected chi connectivity index (χ2v) is 6.12. The zero-order valence-corrected chi connectivity index (χ0v) is 12.7. The Balaban J connectivity index is 2.16. The zero-order chi connectivity index (χ0) is 13.8. The van der Waals surface area contributed by atoms with Gasteiger partial charge >= 0.3 is 0 Å². The largest absolute Gasteiger partial charge is 0.373 e. The van der Waals surface area contributed by atoms with Gasteiger partial charge < -0.3 is 10.1 Å². The molecule has 0 radical (unpaired) electrons. The molecule has 1 fully saturated rings. The van der Waals surface area contributed by atoms with Crippen LogP contribution in [0.1, 0.15) is 49.5 Å². The van der Waals surface area contributed by atoms with Gasteiger partial charge in [-0.25, -0.2) is 0 Å². The number of aryl methyl sites for hydroxylation is 2. The Hall–Kier alpha value is -0.860. The molecule has 0 aliphatic carbocycles. The predicted octanol–water partition coefficient (Wildman–Crippen LogP) is 3.77. The summed E-state index contributed by atoms with van der Waals surface area (Å²) in [5.74, 6) is 0.594. The van der Waals surface area contributed by atoms with E-state index in [0.717, 1.165) is 13.2 Å². The van der Waals surface area contributed by atoms with Crippen molar-refractivity contribution in [1.29, 1.82) is 0 Å². The van der Waals surface area contributed by atoms with Crippen LogP contribution in [0.5, 0.6) is 0 Å². The molecule has 1 N–H and O–H groups in total. The van der Waals surface area contributed by atoms with Crippen molar-refractivity contribution < 1.29 is 4.74 Å². The molecule has 0 spiro atoms. The molecule has 2 atom stereocenters. The van der Waals surface area contributed by atoms with Crippen LogP contribution in [0.2, 0.25) is 0 Å². The number of nitrogens with one attached hydrogen (secondary N) is 1. The van der Waals surface area contributed by atoms with Crippen molar-refractivity contribution in [3.63, 3.8) is 0 Å². The van der Waals surface area contributed by atoms with Crippen LogP contribution in [0.25, 0.3) is 0 Å². The van der Waals surface area contributed by atoms with Crippen molar-refractivity contribution >= 4 is 0 Å². The van der Waals surface area contributed by atoms with Crippen molar-refractivity contribution in [3.05, 3.63) is 34.9 Å². The summed E-state index contributed by atoms with van der Waals surface area (Å²) in [5.41, 5.74) is 4.06. The molecule has 2 heteroatoms. The lowest BCUT2D eigenvalue weighted by Gasteiger charge is -2.34. The van der Waals surface area contributed by atoms with Crippen LogP contribution in [0.15, 0.2) is 18.2 Å². The van der Waals surface area contributed by atoms with Gasteiger partial charge in [-0.3, -0.25) is 0 Å². The van der Waals surface area contributed by atoms with E-state index in [-0.39, 0.29) is 6.10 Å². The zero-order valence-electron chi connectivity index (χ0n) is 12.7. The highest BCUT2D eigenvalue weighted by molar-refractivity contribution is 5.33. The SMILES string of the molecule is Cc1ccc(C)c(C2OCCCC2CNC(C)C)c1. The summed E-state index contributed by atoms with van der Waals surface area (Å²) in [7, 11) is 0. The molecule has 1 aliphatic heterocycles. The Morgan fingerprint density at radius 3 is 2.84 bits per heavy atom. The van der Waals surface area contributed by atoms with Gasteiger partial charge in [0.15, 0.2) is 0 Å². The molecule has 1 aromatic carbocycles. The number of rotatable bonds is 4. The molecular formula is C17H27NO. The van der Waals surface area contributed by atoms with Crippen LogP contribution in [0, 0.1) is 19.8 Å². The van der Waals surface area contributed by atoms with E-state index >= 15 is 0 Å². The highest BCUT2D eigenvalue weighted by Crippen LogP contribution is 2.35. The van der Waals surface area contributed by atoms with Crippen LogP contribution in [-0.2, 0) is 4.74 Å². The number of hydrogen-bond donors (Lipinski definition) is 1. The maximum absolute atomic E-state index is 6.10. The Bertz CT molecular complexity index is 414. The molecule has 0 aromatic heterocycles. The molecular weight excluding hydrogens is 234 g/mol. The summed E-state index contributed by atoms with van der Waals surface area (Å²) in [6.45, 7) is 10.7. The normalized spacial score (nSPS) is 23.8. The first kappa shape index (κ1) is 14.5. The van der Waals surface area contributed by atoms with Crippen LogP contribution in [0.4, 0.5) is 0 Å². The summed E-state index contributed by atoms with van der Waals surface area (Å²) >= 11 is 0. The summed E-state index contributed by atoms with van der Waals surface area (Å²) in [5, 5.41) is 3.57. The molecule has 1 heterocycles. The average molecular weight is 261 g/mol. The summed E-state index contributed by atoms with van der Waals surface area (Å²) < 4.78 is 6.10. The van der Waals surface area contributed by atoms with Crippen LogP contribution >= 0.6 is 0 Å². The van der Waals surface area contributed by atoms with Gasteiger partial charge in [0.1, 0.15) is 0 Å². The fourth-order valence-electron chi connectivity index (χ4n) is 2.85. The third-order valence-corrected chi connectivity index (χ3v) is 3.97. The summed E-state index contributed by atoms with van der Waals surface area (Å²) in [6.07, 6.45) is 2.71. The second-order valence-electron chi connectivity index (χ2n) is 6.12. The summed E-state index contributed by atoms with van der Waals surface area (Å²) in [6, 6.07) is 7.24. The molecule has 2 nitrogen and oxygen atoms in total. The summed E-state index contributed by atoms with van der Waals surface area (Å²) in [4.78, 5) is 0. The number of hydrogen-bond acceptors (Lipinski definition) is 2.